The molecule has 1 heterocycles. The molecule has 0 spiro atoms. The minimum atomic E-state index is -0.622. The lowest BCUT2D eigenvalue weighted by molar-refractivity contribution is 0.0995. The highest BCUT2D eigenvalue weighted by Gasteiger charge is 2.09. The first-order valence-electron chi connectivity index (χ1n) is 7.05. The summed E-state index contributed by atoms with van der Waals surface area (Å²) in [6.45, 7) is 1.88. The average molecular weight is 314 g/mol. The Hall–Kier alpha value is -3.09. The van der Waals surface area contributed by atoms with E-state index >= 15 is 0 Å². The van der Waals surface area contributed by atoms with Crippen LogP contribution in [0, 0.1) is 0 Å². The number of primary amides is 1. The van der Waals surface area contributed by atoms with Crippen molar-refractivity contribution in [1.82, 2.24) is 10.3 Å². The lowest BCUT2D eigenvalue weighted by Gasteiger charge is -2.15. The van der Waals surface area contributed by atoms with E-state index in [0.29, 0.717) is 12.1 Å². The summed E-state index contributed by atoms with van der Waals surface area (Å²) in [6.07, 6.45) is 2.00. The first-order chi connectivity index (χ1) is 10.9. The van der Waals surface area contributed by atoms with Gasteiger partial charge in [0.15, 0.2) is 0 Å². The molecule has 1 aromatic heterocycles. The van der Waals surface area contributed by atoms with E-state index in [4.69, 9.17) is 5.73 Å². The van der Waals surface area contributed by atoms with E-state index in [9.17, 15) is 14.7 Å². The first kappa shape index (κ1) is 16.3. The van der Waals surface area contributed by atoms with Crippen molar-refractivity contribution >= 4 is 17.6 Å². The van der Waals surface area contributed by atoms with Crippen molar-refractivity contribution in [2.24, 2.45) is 5.73 Å². The molecule has 0 aliphatic carbocycles. The summed E-state index contributed by atoms with van der Waals surface area (Å²) in [5.74, 6) is -0.414. The number of carbonyl (C=O) groups is 2. The van der Waals surface area contributed by atoms with Gasteiger partial charge in [-0.2, -0.15) is 0 Å². The van der Waals surface area contributed by atoms with Gasteiger partial charge in [0, 0.05) is 6.04 Å². The van der Waals surface area contributed by atoms with Gasteiger partial charge < -0.3 is 21.5 Å². The molecule has 2 rings (SSSR count). The van der Waals surface area contributed by atoms with Gasteiger partial charge in [0.1, 0.15) is 11.4 Å². The average Bonchev–Trinajstić information content (AvgIpc) is 2.50. The molecule has 7 heteroatoms. The number of amides is 3. The Kier molecular flexibility index (Phi) is 5.14. The predicted octanol–water partition coefficient (Wildman–Crippen LogP) is 1.64. The number of nitrogens with two attached hydrogens (primary N) is 1. The lowest BCUT2D eigenvalue weighted by atomic mass is 10.1. The Labute approximate surface area is 133 Å². The molecule has 7 nitrogen and oxygen atoms in total. The highest BCUT2D eigenvalue weighted by Crippen LogP contribution is 2.11. The number of anilines is 1. The summed E-state index contributed by atoms with van der Waals surface area (Å²) >= 11 is 0. The SMILES string of the molecule is CC(Cc1ccc(O)cc1)NC(=O)Nc1ccc(C(N)=O)nc1. The molecular formula is C16H18N4O3. The number of aromatic nitrogens is 1. The molecular weight excluding hydrogens is 296 g/mol. The van der Waals surface area contributed by atoms with Crippen LogP contribution in [0.2, 0.25) is 0 Å². The molecule has 0 radical (unpaired) electrons. The summed E-state index contributed by atoms with van der Waals surface area (Å²) in [7, 11) is 0. The zero-order valence-corrected chi connectivity index (χ0v) is 12.6. The zero-order valence-electron chi connectivity index (χ0n) is 12.6. The van der Waals surface area contributed by atoms with Crippen molar-refractivity contribution in [2.75, 3.05) is 5.32 Å². The fourth-order valence-electron chi connectivity index (χ4n) is 2.04. The summed E-state index contributed by atoms with van der Waals surface area (Å²) in [5.41, 5.74) is 6.70. The molecule has 1 aromatic carbocycles. The number of benzene rings is 1. The third-order valence-electron chi connectivity index (χ3n) is 3.13. The Balaban J connectivity index is 1.86. The third-order valence-corrected chi connectivity index (χ3v) is 3.13. The van der Waals surface area contributed by atoms with Gasteiger partial charge in [0.25, 0.3) is 5.91 Å². The molecule has 1 unspecified atom stereocenters. The van der Waals surface area contributed by atoms with Gasteiger partial charge in [0.2, 0.25) is 0 Å². The zero-order chi connectivity index (χ0) is 16.8. The second-order valence-electron chi connectivity index (χ2n) is 5.17. The third kappa shape index (κ3) is 4.99. The minimum absolute atomic E-state index is 0.0996. The summed E-state index contributed by atoms with van der Waals surface area (Å²) in [4.78, 5) is 26.7. The number of nitrogens with zero attached hydrogens (tertiary/aromatic N) is 1. The number of phenolic OH excluding ortho intramolecular Hbond substituents is 1. The molecule has 0 aliphatic heterocycles. The van der Waals surface area contributed by atoms with E-state index < -0.39 is 5.91 Å². The van der Waals surface area contributed by atoms with Crippen molar-refractivity contribution in [1.29, 1.82) is 0 Å². The van der Waals surface area contributed by atoms with Crippen molar-refractivity contribution < 1.29 is 14.7 Å². The van der Waals surface area contributed by atoms with Gasteiger partial charge >= 0.3 is 6.03 Å². The molecule has 0 saturated heterocycles. The number of hydrogen-bond acceptors (Lipinski definition) is 4. The standard InChI is InChI=1S/C16H18N4O3/c1-10(8-11-2-5-13(21)6-3-11)19-16(23)20-12-4-7-14(15(17)22)18-9-12/h2-7,9-10,21H,8H2,1H3,(H2,17,22)(H2,19,20,23). The van der Waals surface area contributed by atoms with Crippen LogP contribution in [-0.2, 0) is 6.42 Å². The quantitative estimate of drug-likeness (QED) is 0.671. The van der Waals surface area contributed by atoms with E-state index in [0.717, 1.165) is 5.56 Å². The Morgan fingerprint density at radius 2 is 1.91 bits per heavy atom. The number of hydrogen-bond donors (Lipinski definition) is 4. The maximum atomic E-state index is 11.9. The smallest absolute Gasteiger partial charge is 0.319 e. The molecule has 3 amide bonds. The first-order valence-corrected chi connectivity index (χ1v) is 7.05. The van der Waals surface area contributed by atoms with Crippen molar-refractivity contribution in [3.8, 4) is 5.75 Å². The summed E-state index contributed by atoms with van der Waals surface area (Å²) in [5, 5.41) is 14.7. The maximum Gasteiger partial charge on any atom is 0.319 e. The van der Waals surface area contributed by atoms with Crippen LogP contribution in [0.15, 0.2) is 42.6 Å². The summed E-state index contributed by atoms with van der Waals surface area (Å²) in [6, 6.07) is 9.34. The molecule has 0 bridgehead atoms. The van der Waals surface area contributed by atoms with Gasteiger partial charge in [-0.05, 0) is 43.2 Å². The molecule has 0 saturated carbocycles. The number of aromatic hydroxyl groups is 1. The number of urea groups is 1. The molecule has 0 aliphatic rings. The van der Waals surface area contributed by atoms with Crippen LogP contribution in [0.1, 0.15) is 23.0 Å². The van der Waals surface area contributed by atoms with E-state index in [1.807, 2.05) is 6.92 Å². The van der Waals surface area contributed by atoms with E-state index in [2.05, 4.69) is 15.6 Å². The second-order valence-corrected chi connectivity index (χ2v) is 5.17. The van der Waals surface area contributed by atoms with E-state index in [1.54, 1.807) is 30.3 Å². The van der Waals surface area contributed by atoms with Crippen molar-refractivity contribution in [3.05, 3.63) is 53.9 Å². The molecule has 5 N–H and O–H groups in total. The summed E-state index contributed by atoms with van der Waals surface area (Å²) < 4.78 is 0. The number of phenols is 1. The highest BCUT2D eigenvalue weighted by atomic mass is 16.3. The maximum absolute atomic E-state index is 11.9. The van der Waals surface area contributed by atoms with Crippen LogP contribution in [-0.4, -0.2) is 28.1 Å². The monoisotopic (exact) mass is 314 g/mol. The molecule has 0 fully saturated rings. The predicted molar refractivity (Wildman–Crippen MR) is 86.2 cm³/mol. The minimum Gasteiger partial charge on any atom is -0.508 e. The number of rotatable bonds is 5. The fraction of sp³-hybridized carbons (Fsp3) is 0.188. The van der Waals surface area contributed by atoms with Gasteiger partial charge in [-0.1, -0.05) is 12.1 Å². The highest BCUT2D eigenvalue weighted by molar-refractivity contribution is 5.92. The van der Waals surface area contributed by atoms with Crippen molar-refractivity contribution in [3.63, 3.8) is 0 Å². The number of nitrogens with one attached hydrogen (secondary N) is 2. The van der Waals surface area contributed by atoms with Crippen LogP contribution >= 0.6 is 0 Å². The van der Waals surface area contributed by atoms with Crippen LogP contribution in [0.5, 0.6) is 5.75 Å². The van der Waals surface area contributed by atoms with Gasteiger partial charge in [-0.3, -0.25) is 4.79 Å². The largest absolute Gasteiger partial charge is 0.508 e. The van der Waals surface area contributed by atoms with Gasteiger partial charge in [-0.15, -0.1) is 0 Å². The Bertz CT molecular complexity index is 683. The number of carbonyl (C=O) groups excluding carboxylic acids is 2. The second kappa shape index (κ2) is 7.26. The Morgan fingerprint density at radius 1 is 1.22 bits per heavy atom. The normalized spacial score (nSPS) is 11.5. The Morgan fingerprint density at radius 3 is 2.48 bits per heavy atom. The van der Waals surface area contributed by atoms with Crippen LogP contribution in [0.25, 0.3) is 0 Å². The van der Waals surface area contributed by atoms with Gasteiger partial charge in [-0.25, -0.2) is 9.78 Å². The lowest BCUT2D eigenvalue weighted by Crippen LogP contribution is -2.37. The molecule has 120 valence electrons. The number of pyridine rings is 1. The topological polar surface area (TPSA) is 117 Å². The molecule has 1 atom stereocenters. The van der Waals surface area contributed by atoms with Crippen molar-refractivity contribution in [2.45, 2.75) is 19.4 Å². The van der Waals surface area contributed by atoms with Crippen LogP contribution < -0.4 is 16.4 Å². The molecule has 23 heavy (non-hydrogen) atoms. The van der Waals surface area contributed by atoms with Gasteiger partial charge in [0.05, 0.1) is 11.9 Å². The van der Waals surface area contributed by atoms with E-state index in [1.165, 1.54) is 12.3 Å². The van der Waals surface area contributed by atoms with Crippen LogP contribution in [0.4, 0.5) is 10.5 Å². The van der Waals surface area contributed by atoms with E-state index in [-0.39, 0.29) is 23.5 Å². The van der Waals surface area contributed by atoms with Crippen LogP contribution in [0.3, 0.4) is 0 Å². The molecule has 2 aromatic rings. The fourth-order valence-corrected chi connectivity index (χ4v) is 2.04.